The zero-order valence-electron chi connectivity index (χ0n) is 9.50. The lowest BCUT2D eigenvalue weighted by Gasteiger charge is -2.06. The van der Waals surface area contributed by atoms with Crippen molar-refractivity contribution in [2.24, 2.45) is 0 Å². The maximum atomic E-state index is 11.7. The molecule has 1 rings (SSSR count). The fourth-order valence-corrected chi connectivity index (χ4v) is 1.59. The van der Waals surface area contributed by atoms with Crippen LogP contribution in [0.25, 0.3) is 0 Å². The number of hydrogen-bond donors (Lipinski definition) is 2. The van der Waals surface area contributed by atoms with Crippen LogP contribution in [0.1, 0.15) is 29.6 Å². The molecule has 17 heavy (non-hydrogen) atoms. The number of carbonyl (C=O) groups is 1. The molecule has 3 nitrogen and oxygen atoms in total. The summed E-state index contributed by atoms with van der Waals surface area (Å²) in [7, 11) is 0. The molecule has 1 aromatic rings. The monoisotopic (exact) mass is 294 g/mol. The summed E-state index contributed by atoms with van der Waals surface area (Å²) in [5.41, 5.74) is 6.84. The number of nitrogens with two attached hydrogens (primary N) is 1. The highest BCUT2D eigenvalue weighted by Crippen LogP contribution is 2.20. The van der Waals surface area contributed by atoms with Gasteiger partial charge in [-0.1, -0.05) is 0 Å². The normalized spacial score (nSPS) is 9.65. The number of nitrogen functional groups attached to an aromatic ring is 1. The maximum absolute atomic E-state index is 11.7. The van der Waals surface area contributed by atoms with E-state index in [-0.39, 0.29) is 5.91 Å². The molecule has 0 bridgehead atoms. The van der Waals surface area contributed by atoms with Gasteiger partial charge in [0, 0.05) is 28.7 Å². The lowest BCUT2D eigenvalue weighted by Crippen LogP contribution is -2.24. The molecule has 0 saturated heterocycles. The number of terminal acetylenes is 1. The molecule has 0 saturated carbocycles. The molecule has 1 aromatic carbocycles. The predicted octanol–water partition coefficient (Wildman–Crippen LogP) is 2.56. The Morgan fingerprint density at radius 1 is 1.47 bits per heavy atom. The number of amides is 1. The number of nitrogens with one attached hydrogen (secondary N) is 1. The first-order valence-corrected chi connectivity index (χ1v) is 6.21. The van der Waals surface area contributed by atoms with Gasteiger partial charge in [-0.2, -0.15) is 0 Å². The number of unbranched alkanes of at least 4 members (excludes halogenated alkanes) is 2. The van der Waals surface area contributed by atoms with Crippen molar-refractivity contribution >= 4 is 27.5 Å². The molecule has 1 amide bonds. The molecule has 0 atom stereocenters. The number of halogens is 1. The molecular formula is C13H15BrN2O. The summed E-state index contributed by atoms with van der Waals surface area (Å²) in [4.78, 5) is 11.7. The van der Waals surface area contributed by atoms with Crippen LogP contribution in [0.5, 0.6) is 0 Å². The summed E-state index contributed by atoms with van der Waals surface area (Å²) >= 11 is 3.28. The minimum atomic E-state index is -0.107. The van der Waals surface area contributed by atoms with Gasteiger partial charge >= 0.3 is 0 Å². The molecule has 4 heteroatoms. The largest absolute Gasteiger partial charge is 0.398 e. The van der Waals surface area contributed by atoms with Crippen molar-refractivity contribution in [2.75, 3.05) is 12.3 Å². The molecule has 0 aromatic heterocycles. The van der Waals surface area contributed by atoms with Crippen LogP contribution in [0, 0.1) is 12.3 Å². The Morgan fingerprint density at radius 2 is 2.24 bits per heavy atom. The lowest BCUT2D eigenvalue weighted by atomic mass is 10.2. The van der Waals surface area contributed by atoms with Crippen molar-refractivity contribution in [3.05, 3.63) is 28.2 Å². The number of rotatable bonds is 5. The number of benzene rings is 1. The van der Waals surface area contributed by atoms with Crippen LogP contribution >= 0.6 is 15.9 Å². The van der Waals surface area contributed by atoms with E-state index < -0.39 is 0 Å². The maximum Gasteiger partial charge on any atom is 0.251 e. The minimum Gasteiger partial charge on any atom is -0.398 e. The van der Waals surface area contributed by atoms with Gasteiger partial charge in [-0.25, -0.2) is 0 Å². The third-order valence-electron chi connectivity index (χ3n) is 2.29. The van der Waals surface area contributed by atoms with E-state index >= 15 is 0 Å². The van der Waals surface area contributed by atoms with E-state index in [1.165, 1.54) is 0 Å². The molecule has 0 aliphatic carbocycles. The Balaban J connectivity index is 2.42. The van der Waals surface area contributed by atoms with Crippen LogP contribution in [0.3, 0.4) is 0 Å². The highest BCUT2D eigenvalue weighted by Gasteiger charge is 2.06. The first-order chi connectivity index (χ1) is 8.15. The van der Waals surface area contributed by atoms with Gasteiger partial charge in [0.15, 0.2) is 0 Å². The summed E-state index contributed by atoms with van der Waals surface area (Å²) in [5.74, 6) is 2.46. The first-order valence-electron chi connectivity index (χ1n) is 5.42. The summed E-state index contributed by atoms with van der Waals surface area (Å²) in [6.45, 7) is 0.635. The summed E-state index contributed by atoms with van der Waals surface area (Å²) < 4.78 is 0.795. The summed E-state index contributed by atoms with van der Waals surface area (Å²) in [5, 5.41) is 2.83. The summed E-state index contributed by atoms with van der Waals surface area (Å²) in [6, 6.07) is 5.15. The van der Waals surface area contributed by atoms with Crippen molar-refractivity contribution in [2.45, 2.75) is 19.3 Å². The fourth-order valence-electron chi connectivity index (χ4n) is 1.34. The quantitative estimate of drug-likeness (QED) is 0.498. The highest BCUT2D eigenvalue weighted by atomic mass is 79.9. The van der Waals surface area contributed by atoms with Gasteiger partial charge in [0.2, 0.25) is 0 Å². The van der Waals surface area contributed by atoms with Crippen molar-refractivity contribution in [3.8, 4) is 12.3 Å². The van der Waals surface area contributed by atoms with Gasteiger partial charge in [-0.3, -0.25) is 4.79 Å². The third kappa shape index (κ3) is 4.49. The molecule has 0 radical (unpaired) electrons. The predicted molar refractivity (Wildman–Crippen MR) is 73.6 cm³/mol. The van der Waals surface area contributed by atoms with Gasteiger partial charge in [0.1, 0.15) is 0 Å². The number of carbonyl (C=O) groups excluding carboxylic acids is 1. The van der Waals surface area contributed by atoms with E-state index in [1.54, 1.807) is 18.2 Å². The first kappa shape index (κ1) is 13.6. The second-order valence-electron chi connectivity index (χ2n) is 3.65. The van der Waals surface area contributed by atoms with Gasteiger partial charge in [-0.15, -0.1) is 12.3 Å². The lowest BCUT2D eigenvalue weighted by molar-refractivity contribution is 0.0953. The molecular weight excluding hydrogens is 280 g/mol. The van der Waals surface area contributed by atoms with Crippen molar-refractivity contribution in [1.82, 2.24) is 5.32 Å². The molecule has 90 valence electrons. The van der Waals surface area contributed by atoms with Gasteiger partial charge in [-0.05, 0) is 47.0 Å². The van der Waals surface area contributed by atoms with E-state index in [1.807, 2.05) is 0 Å². The SMILES string of the molecule is C#CCCCCNC(=O)c1ccc(Br)c(N)c1. The van der Waals surface area contributed by atoms with Crippen LogP contribution in [0.2, 0.25) is 0 Å². The average Bonchev–Trinajstić information content (AvgIpc) is 2.32. The zero-order valence-corrected chi connectivity index (χ0v) is 11.1. The Labute approximate surface area is 110 Å². The molecule has 0 fully saturated rings. The van der Waals surface area contributed by atoms with E-state index in [0.29, 0.717) is 17.8 Å². The van der Waals surface area contributed by atoms with Gasteiger partial charge < -0.3 is 11.1 Å². The molecule has 0 spiro atoms. The Kier molecular flexibility index (Phi) is 5.58. The molecule has 0 aliphatic rings. The smallest absolute Gasteiger partial charge is 0.251 e. The Hall–Kier alpha value is -1.47. The Morgan fingerprint density at radius 3 is 2.88 bits per heavy atom. The van der Waals surface area contributed by atoms with Crippen LogP contribution in [0.15, 0.2) is 22.7 Å². The third-order valence-corrected chi connectivity index (χ3v) is 3.01. The number of hydrogen-bond acceptors (Lipinski definition) is 2. The molecule has 3 N–H and O–H groups in total. The van der Waals surface area contributed by atoms with Crippen molar-refractivity contribution in [1.29, 1.82) is 0 Å². The average molecular weight is 295 g/mol. The van der Waals surface area contributed by atoms with Crippen molar-refractivity contribution < 1.29 is 4.79 Å². The molecule has 0 heterocycles. The standard InChI is InChI=1S/C13H15BrN2O/c1-2-3-4-5-8-16-13(17)10-6-7-11(14)12(15)9-10/h1,6-7,9H,3-5,8,15H2,(H,16,17). The molecule has 0 aliphatic heterocycles. The topological polar surface area (TPSA) is 55.1 Å². The van der Waals surface area contributed by atoms with E-state index in [0.717, 1.165) is 23.7 Å². The van der Waals surface area contributed by atoms with E-state index in [2.05, 4.69) is 27.2 Å². The fraction of sp³-hybridized carbons (Fsp3) is 0.308. The van der Waals surface area contributed by atoms with Crippen LogP contribution in [-0.2, 0) is 0 Å². The highest BCUT2D eigenvalue weighted by molar-refractivity contribution is 9.10. The van der Waals surface area contributed by atoms with E-state index in [9.17, 15) is 4.79 Å². The zero-order chi connectivity index (χ0) is 12.7. The second-order valence-corrected chi connectivity index (χ2v) is 4.51. The van der Waals surface area contributed by atoms with Crippen LogP contribution in [0.4, 0.5) is 5.69 Å². The van der Waals surface area contributed by atoms with Crippen LogP contribution < -0.4 is 11.1 Å². The Bertz CT molecular complexity index is 438. The summed E-state index contributed by atoms with van der Waals surface area (Å²) in [6.07, 6.45) is 7.71. The number of anilines is 1. The van der Waals surface area contributed by atoms with E-state index in [4.69, 9.17) is 12.2 Å². The molecule has 0 unspecified atom stereocenters. The second kappa shape index (κ2) is 6.97. The van der Waals surface area contributed by atoms with Crippen LogP contribution in [-0.4, -0.2) is 12.5 Å². The van der Waals surface area contributed by atoms with Gasteiger partial charge in [0.05, 0.1) is 0 Å². The van der Waals surface area contributed by atoms with Gasteiger partial charge in [0.25, 0.3) is 5.91 Å². The minimum absolute atomic E-state index is 0.107. The van der Waals surface area contributed by atoms with Crippen molar-refractivity contribution in [3.63, 3.8) is 0 Å².